The van der Waals surface area contributed by atoms with E-state index in [-0.39, 0.29) is 11.3 Å². The van der Waals surface area contributed by atoms with Crippen LogP contribution in [0, 0.1) is 6.92 Å². The molecule has 186 valence electrons. The van der Waals surface area contributed by atoms with Crippen LogP contribution in [0.15, 0.2) is 71.6 Å². The van der Waals surface area contributed by atoms with Gasteiger partial charge in [-0.25, -0.2) is 8.42 Å². The molecular weight excluding hydrogens is 468 g/mol. The molecule has 3 rings (SSSR count). The van der Waals surface area contributed by atoms with Crippen LogP contribution in [0.3, 0.4) is 0 Å². The summed E-state index contributed by atoms with van der Waals surface area (Å²) in [6, 6.07) is 17.7. The quantitative estimate of drug-likeness (QED) is 0.415. The minimum Gasteiger partial charge on any atom is -0.497 e. The summed E-state index contributed by atoms with van der Waals surface area (Å²) < 4.78 is 45.2. The number of ether oxygens (including phenoxy) is 3. The van der Waals surface area contributed by atoms with E-state index in [4.69, 9.17) is 14.2 Å². The summed E-state index contributed by atoms with van der Waals surface area (Å²) in [5.41, 5.74) is 1.85. The van der Waals surface area contributed by atoms with E-state index in [1.807, 2.05) is 37.3 Å². The molecule has 0 aliphatic rings. The van der Waals surface area contributed by atoms with Gasteiger partial charge >= 0.3 is 0 Å². The molecule has 8 nitrogen and oxygen atoms in total. The highest BCUT2D eigenvalue weighted by molar-refractivity contribution is 7.89. The van der Waals surface area contributed by atoms with Gasteiger partial charge in [0.05, 0.1) is 31.4 Å². The summed E-state index contributed by atoms with van der Waals surface area (Å²) in [5, 5.41) is 2.78. The van der Waals surface area contributed by atoms with Crippen LogP contribution >= 0.6 is 0 Å². The van der Waals surface area contributed by atoms with Crippen LogP contribution in [0.4, 0.5) is 5.69 Å². The lowest BCUT2D eigenvalue weighted by Crippen LogP contribution is -2.45. The van der Waals surface area contributed by atoms with Gasteiger partial charge in [0, 0.05) is 6.07 Å². The van der Waals surface area contributed by atoms with Gasteiger partial charge in [0.15, 0.2) is 0 Å². The van der Waals surface area contributed by atoms with E-state index in [2.05, 4.69) is 10.0 Å². The van der Waals surface area contributed by atoms with Gasteiger partial charge in [-0.1, -0.05) is 30.3 Å². The van der Waals surface area contributed by atoms with Crippen LogP contribution in [-0.2, 0) is 21.2 Å². The lowest BCUT2D eigenvalue weighted by atomic mass is 10.1. The number of benzene rings is 3. The zero-order valence-electron chi connectivity index (χ0n) is 20.2. The van der Waals surface area contributed by atoms with Crippen LogP contribution in [0.5, 0.6) is 17.2 Å². The normalized spacial score (nSPS) is 12.0. The first-order chi connectivity index (χ1) is 16.8. The molecule has 0 spiro atoms. The Hall–Kier alpha value is -3.56. The molecule has 3 aromatic rings. The molecule has 0 aliphatic carbocycles. The van der Waals surface area contributed by atoms with Gasteiger partial charge in [0.1, 0.15) is 23.3 Å². The number of aryl methyl sites for hydroxylation is 1. The zero-order chi connectivity index (χ0) is 25.4. The van der Waals surface area contributed by atoms with Gasteiger partial charge < -0.3 is 19.5 Å². The number of rotatable bonds is 11. The second-order valence-electron chi connectivity index (χ2n) is 7.78. The van der Waals surface area contributed by atoms with Crippen LogP contribution in [0.1, 0.15) is 18.1 Å². The number of carbonyl (C=O) groups is 1. The lowest BCUT2D eigenvalue weighted by Gasteiger charge is -2.20. The second-order valence-corrected chi connectivity index (χ2v) is 9.49. The number of amides is 1. The van der Waals surface area contributed by atoms with E-state index in [0.717, 1.165) is 5.56 Å². The van der Waals surface area contributed by atoms with Gasteiger partial charge in [-0.3, -0.25) is 4.79 Å². The van der Waals surface area contributed by atoms with Crippen molar-refractivity contribution in [1.82, 2.24) is 4.72 Å². The zero-order valence-corrected chi connectivity index (χ0v) is 21.0. The Morgan fingerprint density at radius 1 is 0.943 bits per heavy atom. The fourth-order valence-electron chi connectivity index (χ4n) is 3.53. The van der Waals surface area contributed by atoms with E-state index in [1.54, 1.807) is 31.2 Å². The average molecular weight is 499 g/mol. The molecule has 35 heavy (non-hydrogen) atoms. The van der Waals surface area contributed by atoms with E-state index in [1.165, 1.54) is 26.4 Å². The summed E-state index contributed by atoms with van der Waals surface area (Å²) in [5.74, 6) is 1.01. The molecule has 9 heteroatoms. The predicted octanol–water partition coefficient (Wildman–Crippen LogP) is 3.94. The molecule has 3 aromatic carbocycles. The molecule has 0 saturated heterocycles. The van der Waals surface area contributed by atoms with Crippen molar-refractivity contribution in [3.05, 3.63) is 77.9 Å². The van der Waals surface area contributed by atoms with E-state index in [9.17, 15) is 13.2 Å². The highest BCUT2D eigenvalue weighted by Gasteiger charge is 2.27. The molecule has 2 N–H and O–H groups in total. The average Bonchev–Trinajstić information content (AvgIpc) is 2.85. The maximum absolute atomic E-state index is 13.3. The second kappa shape index (κ2) is 11.7. The standard InChI is InChI=1S/C26H30N2O6S/c1-5-34-24-14-12-21(15-18(24)2)35(30,31)28-23(16-19-9-7-6-8-10-19)26(29)27-22-17-20(32-3)11-13-25(22)33-4/h6-15,17,23,28H,5,16H2,1-4H3,(H,27,29)/t23-/m0/s1. The van der Waals surface area contributed by atoms with Crippen LogP contribution in [-0.4, -0.2) is 41.2 Å². The summed E-state index contributed by atoms with van der Waals surface area (Å²) >= 11 is 0. The maximum Gasteiger partial charge on any atom is 0.243 e. The van der Waals surface area contributed by atoms with Crippen molar-refractivity contribution in [3.8, 4) is 17.2 Å². The third-order valence-corrected chi connectivity index (χ3v) is 6.79. The molecule has 0 bridgehead atoms. The molecular formula is C26H30N2O6S. The summed E-state index contributed by atoms with van der Waals surface area (Å²) in [7, 11) is -1.03. The first kappa shape index (κ1) is 26.1. The van der Waals surface area contributed by atoms with Gasteiger partial charge in [-0.15, -0.1) is 0 Å². The number of hydrogen-bond acceptors (Lipinski definition) is 6. The third-order valence-electron chi connectivity index (χ3n) is 5.32. The molecule has 0 unspecified atom stereocenters. The SMILES string of the molecule is CCOc1ccc(S(=O)(=O)N[C@@H](Cc2ccccc2)C(=O)Nc2cc(OC)ccc2OC)cc1C. The smallest absolute Gasteiger partial charge is 0.243 e. The van der Waals surface area contributed by atoms with E-state index in [0.29, 0.717) is 35.1 Å². The van der Waals surface area contributed by atoms with Gasteiger partial charge in [-0.2, -0.15) is 4.72 Å². The highest BCUT2D eigenvalue weighted by atomic mass is 32.2. The monoisotopic (exact) mass is 498 g/mol. The van der Waals surface area contributed by atoms with Crippen molar-refractivity contribution in [2.24, 2.45) is 0 Å². The van der Waals surface area contributed by atoms with E-state index < -0.39 is 22.0 Å². The Labute approximate surface area is 206 Å². The number of methoxy groups -OCH3 is 2. The number of nitrogens with one attached hydrogen (secondary N) is 2. The largest absolute Gasteiger partial charge is 0.497 e. The molecule has 0 saturated carbocycles. The minimum atomic E-state index is -4.02. The molecule has 0 aliphatic heterocycles. The Kier molecular flexibility index (Phi) is 8.73. The van der Waals surface area contributed by atoms with Crippen molar-refractivity contribution in [2.45, 2.75) is 31.2 Å². The number of sulfonamides is 1. The molecule has 0 heterocycles. The fraction of sp³-hybridized carbons (Fsp3) is 0.269. The molecule has 0 fully saturated rings. The van der Waals surface area contributed by atoms with Crippen molar-refractivity contribution < 1.29 is 27.4 Å². The Morgan fingerprint density at radius 2 is 1.66 bits per heavy atom. The van der Waals surface area contributed by atoms with Crippen molar-refractivity contribution >= 4 is 21.6 Å². The number of hydrogen-bond donors (Lipinski definition) is 2. The lowest BCUT2D eigenvalue weighted by molar-refractivity contribution is -0.117. The highest BCUT2D eigenvalue weighted by Crippen LogP contribution is 2.29. The third kappa shape index (κ3) is 6.74. The molecule has 0 radical (unpaired) electrons. The summed E-state index contributed by atoms with van der Waals surface area (Å²) in [4.78, 5) is 13.4. The minimum absolute atomic E-state index is 0.0447. The van der Waals surface area contributed by atoms with Crippen LogP contribution in [0.2, 0.25) is 0 Å². The maximum atomic E-state index is 13.3. The van der Waals surface area contributed by atoms with Crippen molar-refractivity contribution in [1.29, 1.82) is 0 Å². The Morgan fingerprint density at radius 3 is 2.29 bits per heavy atom. The predicted molar refractivity (Wildman–Crippen MR) is 135 cm³/mol. The van der Waals surface area contributed by atoms with Gasteiger partial charge in [0.2, 0.25) is 15.9 Å². The van der Waals surface area contributed by atoms with E-state index >= 15 is 0 Å². The summed E-state index contributed by atoms with van der Waals surface area (Å²) in [6.45, 7) is 4.10. The first-order valence-electron chi connectivity index (χ1n) is 11.1. The number of carbonyl (C=O) groups excluding carboxylic acids is 1. The number of anilines is 1. The van der Waals surface area contributed by atoms with Gasteiger partial charge in [0.25, 0.3) is 0 Å². The van der Waals surface area contributed by atoms with Crippen molar-refractivity contribution in [2.75, 3.05) is 26.1 Å². The van der Waals surface area contributed by atoms with Crippen molar-refractivity contribution in [3.63, 3.8) is 0 Å². The Bertz CT molecular complexity index is 1260. The first-order valence-corrected chi connectivity index (χ1v) is 12.6. The van der Waals surface area contributed by atoms with Crippen LogP contribution < -0.4 is 24.2 Å². The summed E-state index contributed by atoms with van der Waals surface area (Å²) in [6.07, 6.45) is 0.147. The fourth-order valence-corrected chi connectivity index (χ4v) is 4.81. The van der Waals surface area contributed by atoms with Crippen LogP contribution in [0.25, 0.3) is 0 Å². The molecule has 1 amide bonds. The molecule has 1 atom stereocenters. The topological polar surface area (TPSA) is 103 Å². The molecule has 0 aromatic heterocycles. The van der Waals surface area contributed by atoms with Gasteiger partial charge in [-0.05, 0) is 61.7 Å². The Balaban J connectivity index is 1.91.